The van der Waals surface area contributed by atoms with Gasteiger partial charge in [-0.25, -0.2) is 29.9 Å². The van der Waals surface area contributed by atoms with E-state index >= 15 is 0 Å². The van der Waals surface area contributed by atoms with Crippen molar-refractivity contribution >= 4 is 44.1 Å². The molecule has 42 heavy (non-hydrogen) atoms. The van der Waals surface area contributed by atoms with Crippen molar-refractivity contribution in [3.05, 3.63) is 97.1 Å². The van der Waals surface area contributed by atoms with Gasteiger partial charge in [-0.15, -0.1) is 0 Å². The number of aromatic amines is 2. The number of fused-ring (bicyclic) bond motifs is 20. The van der Waals surface area contributed by atoms with Gasteiger partial charge in [-0.2, -0.15) is 0 Å². The maximum absolute atomic E-state index is 5.02. The van der Waals surface area contributed by atoms with Gasteiger partial charge in [0, 0.05) is 43.8 Å². The molecule has 2 aliphatic rings. The number of rotatable bonds is 0. The van der Waals surface area contributed by atoms with Crippen LogP contribution >= 0.6 is 0 Å². The molecule has 0 fully saturated rings. The first-order valence-electron chi connectivity index (χ1n) is 13.0. The first kappa shape index (κ1) is 26.2. The van der Waals surface area contributed by atoms with Crippen LogP contribution in [0.3, 0.4) is 0 Å². The Morgan fingerprint density at radius 1 is 0.333 bits per heavy atom. The number of benzene rings is 4. The summed E-state index contributed by atoms with van der Waals surface area (Å²) in [7, 11) is 0. The van der Waals surface area contributed by atoms with Gasteiger partial charge in [0.1, 0.15) is 22.6 Å². The van der Waals surface area contributed by atoms with Crippen LogP contribution in [-0.2, 0) is 34.1 Å². The fourth-order valence-electron chi connectivity index (χ4n) is 5.59. The van der Waals surface area contributed by atoms with Gasteiger partial charge in [0.2, 0.25) is 0 Å². The molecule has 5 heterocycles. The zero-order valence-electron chi connectivity index (χ0n) is 21.6. The molecule has 2 aliphatic heterocycles. The zero-order valence-corrected chi connectivity index (χ0v) is 23.6. The van der Waals surface area contributed by atoms with Crippen molar-refractivity contribution < 1.29 is 34.1 Å². The number of H-pyrrole nitrogens is 2. The summed E-state index contributed by atoms with van der Waals surface area (Å²) in [5, 5.41) is 3.82. The quantitative estimate of drug-likeness (QED) is 0.177. The average molecular weight is 634 g/mol. The van der Waals surface area contributed by atoms with Gasteiger partial charge in [0.15, 0.2) is 23.3 Å². The molecule has 9 rings (SSSR count). The summed E-state index contributed by atoms with van der Waals surface area (Å²) in [6.07, 6.45) is 0. The van der Waals surface area contributed by atoms with Gasteiger partial charge in [0.05, 0.1) is 0 Å². The molecule has 0 amide bonds. The molecule has 0 radical (unpaired) electrons. The van der Waals surface area contributed by atoms with Crippen LogP contribution in [0.25, 0.3) is 89.7 Å². The fourth-order valence-corrected chi connectivity index (χ4v) is 5.59. The normalized spacial score (nSPS) is 11.4. The molecule has 0 saturated carbocycles. The first-order chi connectivity index (χ1) is 19.8. The van der Waals surface area contributed by atoms with Gasteiger partial charge < -0.3 is 9.97 Å². The molecule has 0 saturated heterocycles. The Labute approximate surface area is 259 Å². The molecule has 3 aromatic heterocycles. The van der Waals surface area contributed by atoms with E-state index in [1.54, 1.807) is 0 Å². The summed E-state index contributed by atoms with van der Waals surface area (Å²) in [6.45, 7) is 0. The van der Waals surface area contributed by atoms with Crippen molar-refractivity contribution in [3.8, 4) is 45.6 Å². The minimum atomic E-state index is 0. The fraction of sp³-hybridized carbons (Fsp3) is 0. The van der Waals surface area contributed by atoms with E-state index < -0.39 is 0 Å². The number of nitrogens with zero attached hydrogens (tertiary/aromatic N) is 6. The van der Waals surface area contributed by atoms with E-state index in [2.05, 4.69) is 9.97 Å². The molecule has 7 aromatic rings. The second-order valence-electron chi connectivity index (χ2n) is 9.79. The van der Waals surface area contributed by atoms with Gasteiger partial charge in [0.25, 0.3) is 0 Å². The summed E-state index contributed by atoms with van der Waals surface area (Å²) in [4.78, 5) is 36.8. The van der Waals surface area contributed by atoms with Crippen molar-refractivity contribution in [1.29, 1.82) is 0 Å². The van der Waals surface area contributed by atoms with Crippen molar-refractivity contribution in [2.75, 3.05) is 0 Å². The summed E-state index contributed by atoms with van der Waals surface area (Å²) in [5.74, 6) is 2.39. The van der Waals surface area contributed by atoms with Crippen molar-refractivity contribution in [2.24, 2.45) is 0 Å². The molecule has 10 heteroatoms. The molecule has 8 bridgehead atoms. The van der Waals surface area contributed by atoms with Crippen molar-refractivity contribution in [3.63, 3.8) is 0 Å². The van der Waals surface area contributed by atoms with Crippen LogP contribution in [-0.4, -0.2) is 39.9 Å². The van der Waals surface area contributed by atoms with Crippen molar-refractivity contribution in [2.45, 2.75) is 0 Å². The molecule has 2 N–H and O–H groups in total. The molecule has 4 aromatic carbocycles. The Bertz CT molecular complexity index is 2040. The third-order valence-electron chi connectivity index (χ3n) is 7.46. The van der Waals surface area contributed by atoms with Gasteiger partial charge in [-0.1, -0.05) is 97.1 Å². The standard InChI is InChI=1S/C32H18N8.Cu.Fe/c1-2-10-18-17(9-1)25-33-26(18)38-28-21-13-5-6-14-22(21)30(35-28)40-32-24-16-8-7-15-23(24)31(36-32)39-29-20-12-4-3-11-19(20)27(34-29)37-25;;/h1-16H,(H2,33,34,35,36,37,38,39,40);;/q;+1;+2. The molecule has 0 aliphatic carbocycles. The van der Waals surface area contributed by atoms with E-state index in [4.69, 9.17) is 29.9 Å². The van der Waals surface area contributed by atoms with E-state index in [0.717, 1.165) is 43.8 Å². The van der Waals surface area contributed by atoms with Crippen LogP contribution in [0.15, 0.2) is 97.1 Å². The first-order valence-corrected chi connectivity index (χ1v) is 13.0. The van der Waals surface area contributed by atoms with Gasteiger partial charge >= 0.3 is 34.1 Å². The van der Waals surface area contributed by atoms with E-state index in [1.807, 2.05) is 97.1 Å². The second-order valence-corrected chi connectivity index (χ2v) is 9.79. The molecule has 202 valence electrons. The Morgan fingerprint density at radius 3 is 0.833 bits per heavy atom. The molecular weight excluding hydrogens is 616 g/mol. The van der Waals surface area contributed by atoms with Gasteiger partial charge in [-0.05, 0) is 0 Å². The number of aromatic nitrogens is 8. The van der Waals surface area contributed by atoms with Crippen LogP contribution in [0.2, 0.25) is 0 Å². The predicted octanol–water partition coefficient (Wildman–Crippen LogP) is 6.86. The Balaban J connectivity index is 0.00000144. The molecule has 0 unspecified atom stereocenters. The second kappa shape index (κ2) is 9.98. The van der Waals surface area contributed by atoms with Crippen molar-refractivity contribution in [1.82, 2.24) is 39.9 Å². The van der Waals surface area contributed by atoms with Crippen LogP contribution in [0.5, 0.6) is 0 Å². The number of hydrogen-bond donors (Lipinski definition) is 2. The van der Waals surface area contributed by atoms with Crippen LogP contribution in [0.1, 0.15) is 0 Å². The summed E-state index contributed by atoms with van der Waals surface area (Å²) < 4.78 is 0. The maximum atomic E-state index is 5.02. The molecular formula is C32H18CuFeN8+3. The summed E-state index contributed by atoms with van der Waals surface area (Å²) in [6, 6.07) is 32.2. The van der Waals surface area contributed by atoms with E-state index in [1.165, 1.54) is 0 Å². The van der Waals surface area contributed by atoms with Gasteiger partial charge in [-0.3, -0.25) is 0 Å². The average Bonchev–Trinajstić information content (AvgIpc) is 3.73. The Hall–Kier alpha value is -4.72. The minimum Gasteiger partial charge on any atom is -0.324 e. The zero-order chi connectivity index (χ0) is 26.2. The SMILES string of the molecule is [Cu+].[Fe+2].c1ccc2c(c1)-c1nc-2nc2[nH]c(nc3nc(nc4[nH]c(n1)c1ccccc41)-c1ccccc1-3)c1ccccc21. The maximum Gasteiger partial charge on any atom is 2.00 e. The molecule has 0 spiro atoms. The predicted molar refractivity (Wildman–Crippen MR) is 156 cm³/mol. The van der Waals surface area contributed by atoms with E-state index in [-0.39, 0.29) is 34.1 Å². The van der Waals surface area contributed by atoms with E-state index in [9.17, 15) is 0 Å². The Kier molecular flexibility index (Phi) is 6.22. The van der Waals surface area contributed by atoms with Crippen LogP contribution < -0.4 is 0 Å². The topological polar surface area (TPSA) is 109 Å². The third-order valence-corrected chi connectivity index (χ3v) is 7.46. The van der Waals surface area contributed by atoms with Crippen LogP contribution in [0, 0.1) is 0 Å². The minimum absolute atomic E-state index is 0. The number of nitrogens with one attached hydrogen (secondary N) is 2. The monoisotopic (exact) mass is 633 g/mol. The van der Waals surface area contributed by atoms with Crippen LogP contribution in [0.4, 0.5) is 0 Å². The number of hydrogen-bond acceptors (Lipinski definition) is 6. The Morgan fingerprint density at radius 2 is 0.571 bits per heavy atom. The smallest absolute Gasteiger partial charge is 0.324 e. The molecule has 0 atom stereocenters. The summed E-state index contributed by atoms with van der Waals surface area (Å²) in [5.41, 5.74) is 6.45. The van der Waals surface area contributed by atoms with E-state index in [0.29, 0.717) is 45.9 Å². The summed E-state index contributed by atoms with van der Waals surface area (Å²) >= 11 is 0. The molecule has 8 nitrogen and oxygen atoms in total. The third kappa shape index (κ3) is 3.89. The largest absolute Gasteiger partial charge is 2.00 e.